The summed E-state index contributed by atoms with van der Waals surface area (Å²) >= 11 is 2.92. The Labute approximate surface area is 189 Å². The minimum atomic E-state index is -0.216. The lowest BCUT2D eigenvalue weighted by Crippen LogP contribution is -2.24. The number of nitrogens with one attached hydrogen (secondary N) is 1. The van der Waals surface area contributed by atoms with Gasteiger partial charge in [0.25, 0.3) is 0 Å². The molecule has 2 aromatic heterocycles. The van der Waals surface area contributed by atoms with Crippen molar-refractivity contribution in [1.82, 2.24) is 19.9 Å². The molecule has 0 fully saturated rings. The fraction of sp³-hybridized carbons (Fsp3) is 0.273. The average Bonchev–Trinajstić information content (AvgIpc) is 3.29. The molecule has 0 saturated carbocycles. The highest BCUT2D eigenvalue weighted by molar-refractivity contribution is 7.99. The molecule has 0 bridgehead atoms. The van der Waals surface area contributed by atoms with Gasteiger partial charge in [0.2, 0.25) is 11.1 Å². The quantitative estimate of drug-likeness (QED) is 0.339. The van der Waals surface area contributed by atoms with E-state index in [4.69, 9.17) is 10.8 Å². The number of benzene rings is 2. The standard InChI is InChI=1S/C22H24N6OS2/c1-13-5-10-16-17(11-13)31-19(25-16)14-6-8-15(9-7-14)24-18(29)12-30-21-27-26-20(28(21)23)22(2,3)4/h5-11H,12,23H2,1-4H3,(H,24,29). The monoisotopic (exact) mass is 452 g/mol. The minimum absolute atomic E-state index is 0.131. The summed E-state index contributed by atoms with van der Waals surface area (Å²) in [6.07, 6.45) is 0. The lowest BCUT2D eigenvalue weighted by atomic mass is 9.96. The van der Waals surface area contributed by atoms with Gasteiger partial charge < -0.3 is 11.2 Å². The van der Waals surface area contributed by atoms with Crippen LogP contribution in [0.2, 0.25) is 0 Å². The number of carbonyl (C=O) groups is 1. The van der Waals surface area contributed by atoms with Crippen LogP contribution in [0.1, 0.15) is 32.2 Å². The summed E-state index contributed by atoms with van der Waals surface area (Å²) < 4.78 is 2.62. The van der Waals surface area contributed by atoms with Crippen molar-refractivity contribution in [2.24, 2.45) is 0 Å². The Balaban J connectivity index is 1.38. The van der Waals surface area contributed by atoms with Crippen molar-refractivity contribution < 1.29 is 4.79 Å². The maximum absolute atomic E-state index is 12.4. The van der Waals surface area contributed by atoms with Crippen LogP contribution in [0.25, 0.3) is 20.8 Å². The van der Waals surface area contributed by atoms with Crippen LogP contribution in [0, 0.1) is 6.92 Å². The molecular formula is C22H24N6OS2. The summed E-state index contributed by atoms with van der Waals surface area (Å²) in [5.41, 5.74) is 3.77. The Bertz CT molecular complexity index is 1240. The first kappa shape index (κ1) is 21.3. The van der Waals surface area contributed by atoms with Gasteiger partial charge in [-0.2, -0.15) is 0 Å². The molecule has 9 heteroatoms. The molecule has 0 aliphatic rings. The second kappa shape index (κ2) is 8.32. The van der Waals surface area contributed by atoms with Crippen molar-refractivity contribution in [3.63, 3.8) is 0 Å². The summed E-state index contributed by atoms with van der Waals surface area (Å²) in [5, 5.41) is 12.6. The van der Waals surface area contributed by atoms with Crippen LogP contribution in [0.5, 0.6) is 0 Å². The maximum Gasteiger partial charge on any atom is 0.234 e. The van der Waals surface area contributed by atoms with Gasteiger partial charge in [0.05, 0.1) is 16.0 Å². The second-order valence-corrected chi connectivity index (χ2v) is 10.3. The summed E-state index contributed by atoms with van der Waals surface area (Å²) in [6, 6.07) is 14.0. The fourth-order valence-electron chi connectivity index (χ4n) is 3.07. The van der Waals surface area contributed by atoms with Gasteiger partial charge in [-0.25, -0.2) is 9.66 Å². The SMILES string of the molecule is Cc1ccc2nc(-c3ccc(NC(=O)CSc4nnc(C(C)(C)C)n4N)cc3)sc2c1. The van der Waals surface area contributed by atoms with E-state index in [0.29, 0.717) is 11.0 Å². The number of fused-ring (bicyclic) bond motifs is 1. The van der Waals surface area contributed by atoms with Crippen molar-refractivity contribution in [2.75, 3.05) is 16.9 Å². The van der Waals surface area contributed by atoms with E-state index in [1.54, 1.807) is 11.3 Å². The summed E-state index contributed by atoms with van der Waals surface area (Å²) in [4.78, 5) is 17.1. The number of aromatic nitrogens is 4. The van der Waals surface area contributed by atoms with Gasteiger partial charge in [0, 0.05) is 16.7 Å². The number of nitrogens with zero attached hydrogens (tertiary/aromatic N) is 4. The van der Waals surface area contributed by atoms with Crippen LogP contribution >= 0.6 is 23.1 Å². The number of amides is 1. The third-order valence-electron chi connectivity index (χ3n) is 4.63. The van der Waals surface area contributed by atoms with E-state index in [2.05, 4.69) is 34.6 Å². The number of rotatable bonds is 5. The summed E-state index contributed by atoms with van der Waals surface area (Å²) in [6.45, 7) is 8.12. The Morgan fingerprint density at radius 2 is 1.90 bits per heavy atom. The molecule has 2 aromatic carbocycles. The van der Waals surface area contributed by atoms with E-state index in [0.717, 1.165) is 21.8 Å². The Hall–Kier alpha value is -2.91. The van der Waals surface area contributed by atoms with E-state index in [1.807, 2.05) is 51.1 Å². The number of thiazole rings is 1. The zero-order chi connectivity index (χ0) is 22.2. The van der Waals surface area contributed by atoms with Crippen LogP contribution in [-0.2, 0) is 10.2 Å². The molecule has 2 heterocycles. The molecule has 1 amide bonds. The van der Waals surface area contributed by atoms with E-state index < -0.39 is 0 Å². The smallest absolute Gasteiger partial charge is 0.234 e. The van der Waals surface area contributed by atoms with E-state index in [9.17, 15) is 4.79 Å². The predicted octanol–water partition coefficient (Wildman–Crippen LogP) is 4.61. The maximum atomic E-state index is 12.4. The summed E-state index contributed by atoms with van der Waals surface area (Å²) in [7, 11) is 0. The van der Waals surface area contributed by atoms with Gasteiger partial charge >= 0.3 is 0 Å². The van der Waals surface area contributed by atoms with Crippen LogP contribution < -0.4 is 11.2 Å². The fourth-order valence-corrected chi connectivity index (χ4v) is 4.79. The molecule has 0 aliphatic heterocycles. The molecule has 7 nitrogen and oxygen atoms in total. The molecule has 160 valence electrons. The van der Waals surface area contributed by atoms with Gasteiger partial charge in [0.15, 0.2) is 5.82 Å². The van der Waals surface area contributed by atoms with Gasteiger partial charge in [-0.05, 0) is 48.9 Å². The van der Waals surface area contributed by atoms with E-state index >= 15 is 0 Å². The first-order valence-corrected chi connectivity index (χ1v) is 11.6. The number of hydrogen-bond acceptors (Lipinski definition) is 7. The molecule has 3 N–H and O–H groups in total. The lowest BCUT2D eigenvalue weighted by molar-refractivity contribution is -0.113. The van der Waals surface area contributed by atoms with E-state index in [-0.39, 0.29) is 17.1 Å². The molecule has 0 aliphatic carbocycles. The molecule has 4 rings (SSSR count). The van der Waals surface area contributed by atoms with Gasteiger partial charge in [-0.1, -0.05) is 38.6 Å². The highest BCUT2D eigenvalue weighted by Gasteiger charge is 2.23. The van der Waals surface area contributed by atoms with Gasteiger partial charge in [0.1, 0.15) is 5.01 Å². The normalized spacial score (nSPS) is 11.7. The number of anilines is 1. The van der Waals surface area contributed by atoms with Crippen molar-refractivity contribution in [3.05, 3.63) is 53.9 Å². The average molecular weight is 453 g/mol. The van der Waals surface area contributed by atoms with Crippen LogP contribution in [0.3, 0.4) is 0 Å². The van der Waals surface area contributed by atoms with Crippen LogP contribution in [0.4, 0.5) is 5.69 Å². The third kappa shape index (κ3) is 4.72. The highest BCUT2D eigenvalue weighted by Crippen LogP contribution is 2.31. The topological polar surface area (TPSA) is 98.7 Å². The molecule has 0 radical (unpaired) electrons. The lowest BCUT2D eigenvalue weighted by Gasteiger charge is -2.16. The minimum Gasteiger partial charge on any atom is -0.336 e. The zero-order valence-electron chi connectivity index (χ0n) is 17.8. The van der Waals surface area contributed by atoms with E-state index in [1.165, 1.54) is 26.7 Å². The molecule has 4 aromatic rings. The van der Waals surface area contributed by atoms with Crippen LogP contribution in [0.15, 0.2) is 47.6 Å². The van der Waals surface area contributed by atoms with Crippen molar-refractivity contribution in [2.45, 2.75) is 38.3 Å². The molecule has 0 spiro atoms. The third-order valence-corrected chi connectivity index (χ3v) is 6.64. The van der Waals surface area contributed by atoms with Crippen molar-refractivity contribution in [1.29, 1.82) is 0 Å². The molecule has 0 saturated heterocycles. The largest absolute Gasteiger partial charge is 0.336 e. The van der Waals surface area contributed by atoms with Gasteiger partial charge in [-0.3, -0.25) is 4.79 Å². The highest BCUT2D eigenvalue weighted by atomic mass is 32.2. The number of nitrogen functional groups attached to an aromatic ring is 1. The van der Waals surface area contributed by atoms with Crippen molar-refractivity contribution in [3.8, 4) is 10.6 Å². The molecule has 0 atom stereocenters. The molecule has 31 heavy (non-hydrogen) atoms. The molecular weight excluding hydrogens is 428 g/mol. The predicted molar refractivity (Wildman–Crippen MR) is 128 cm³/mol. The van der Waals surface area contributed by atoms with Gasteiger partial charge in [-0.15, -0.1) is 21.5 Å². The Morgan fingerprint density at radius 1 is 1.16 bits per heavy atom. The first-order valence-electron chi connectivity index (χ1n) is 9.82. The number of carbonyl (C=O) groups excluding carboxylic acids is 1. The van der Waals surface area contributed by atoms with Crippen LogP contribution in [-0.4, -0.2) is 31.5 Å². The first-order chi connectivity index (χ1) is 14.7. The Kier molecular flexibility index (Phi) is 5.72. The number of nitrogens with two attached hydrogens (primary N) is 1. The number of aryl methyl sites for hydroxylation is 1. The molecule has 0 unspecified atom stereocenters. The Morgan fingerprint density at radius 3 is 2.58 bits per heavy atom. The second-order valence-electron chi connectivity index (χ2n) is 8.33. The number of hydrogen-bond donors (Lipinski definition) is 2. The number of thioether (sulfide) groups is 1. The van der Waals surface area contributed by atoms with Crippen molar-refractivity contribution >= 4 is 44.9 Å². The summed E-state index contributed by atoms with van der Waals surface area (Å²) in [5.74, 6) is 6.81. The zero-order valence-corrected chi connectivity index (χ0v) is 19.5.